The Kier molecular flexibility index (Phi) is 5.39. The van der Waals surface area contributed by atoms with Crippen LogP contribution in [0.5, 0.6) is 0 Å². The lowest BCUT2D eigenvalue weighted by molar-refractivity contribution is -0.969. The zero-order valence-electron chi connectivity index (χ0n) is 8.80. The number of aliphatic imine (C=N–C) groups is 1. The molecule has 0 bridgehead atoms. The predicted molar refractivity (Wildman–Crippen MR) is 54.1 cm³/mol. The molecule has 0 aliphatic carbocycles. The molecular formula is C8H10F3N4O3+. The predicted octanol–water partition coefficient (Wildman–Crippen LogP) is 1.15. The first kappa shape index (κ1) is 15.5. The number of halogens is 3. The summed E-state index contributed by atoms with van der Waals surface area (Å²) in [6.07, 6.45) is -4.38. The molecule has 6 N–H and O–H groups in total. The maximum absolute atomic E-state index is 12.2. The fraction of sp³-hybridized carbons (Fsp3) is 0.125. The van der Waals surface area contributed by atoms with Crippen LogP contribution in [-0.2, 0) is 6.18 Å². The van der Waals surface area contributed by atoms with Crippen LogP contribution in [0.4, 0.5) is 18.9 Å². The van der Waals surface area contributed by atoms with Gasteiger partial charge in [-0.15, -0.1) is 0 Å². The van der Waals surface area contributed by atoms with Crippen LogP contribution in [0.2, 0.25) is 0 Å². The number of nitrogens with zero attached hydrogens (tertiary/aromatic N) is 2. The molecule has 0 fully saturated rings. The van der Waals surface area contributed by atoms with Gasteiger partial charge in [-0.25, -0.2) is 15.4 Å². The molecule has 1 aromatic rings. The van der Waals surface area contributed by atoms with E-state index < -0.39 is 16.8 Å². The van der Waals surface area contributed by atoms with Crippen molar-refractivity contribution in [3.8, 4) is 0 Å². The van der Waals surface area contributed by atoms with Gasteiger partial charge in [0.05, 0.1) is 11.3 Å². The quantitative estimate of drug-likeness (QED) is 0.345. The average molecular weight is 267 g/mol. The number of hydrogen-bond donors (Lipinski definition) is 4. The van der Waals surface area contributed by atoms with Crippen molar-refractivity contribution in [3.63, 3.8) is 0 Å². The van der Waals surface area contributed by atoms with Crippen LogP contribution in [0.15, 0.2) is 29.3 Å². The Hall–Kier alpha value is -2.52. The zero-order chi connectivity index (χ0) is 14.3. The van der Waals surface area contributed by atoms with E-state index in [4.69, 9.17) is 26.8 Å². The summed E-state index contributed by atoms with van der Waals surface area (Å²) in [5.41, 5.74) is 9.37. The maximum atomic E-state index is 12.2. The lowest BCUT2D eigenvalue weighted by Crippen LogP contribution is -2.21. The van der Waals surface area contributed by atoms with Crippen molar-refractivity contribution < 1.29 is 28.7 Å². The smallest absolute Gasteiger partial charge is 0.370 e. The summed E-state index contributed by atoms with van der Waals surface area (Å²) < 4.78 is 36.6. The van der Waals surface area contributed by atoms with E-state index in [1.807, 2.05) is 0 Å². The van der Waals surface area contributed by atoms with Crippen molar-refractivity contribution in [2.75, 3.05) is 0 Å². The van der Waals surface area contributed by atoms with Gasteiger partial charge in [-0.2, -0.15) is 13.2 Å². The van der Waals surface area contributed by atoms with Gasteiger partial charge in [-0.05, 0) is 18.2 Å². The molecule has 10 heteroatoms. The molecule has 0 radical (unpaired) electrons. The zero-order valence-corrected chi connectivity index (χ0v) is 8.80. The summed E-state index contributed by atoms with van der Waals surface area (Å²) in [6, 6.07) is 4.45. The molecule has 1 aromatic carbocycles. The third-order valence-electron chi connectivity index (χ3n) is 1.43. The van der Waals surface area contributed by atoms with Crippen molar-refractivity contribution in [2.45, 2.75) is 6.18 Å². The Morgan fingerprint density at radius 1 is 1.28 bits per heavy atom. The van der Waals surface area contributed by atoms with Gasteiger partial charge in [0.1, 0.15) is 4.91 Å². The minimum Gasteiger partial charge on any atom is -0.370 e. The first-order chi connectivity index (χ1) is 8.12. The third kappa shape index (κ3) is 6.87. The van der Waals surface area contributed by atoms with Crippen molar-refractivity contribution in [1.29, 1.82) is 0 Å². The largest absolute Gasteiger partial charge is 0.472 e. The van der Waals surface area contributed by atoms with Crippen LogP contribution in [-0.4, -0.2) is 21.5 Å². The third-order valence-corrected chi connectivity index (χ3v) is 1.43. The Balaban J connectivity index is 0.000000631. The second-order valence-corrected chi connectivity index (χ2v) is 2.84. The minimum absolute atomic E-state index is 0.0832. The van der Waals surface area contributed by atoms with E-state index in [1.165, 1.54) is 12.1 Å². The van der Waals surface area contributed by atoms with Gasteiger partial charge in [0, 0.05) is 0 Å². The highest BCUT2D eigenvalue weighted by Crippen LogP contribution is 2.31. The van der Waals surface area contributed by atoms with Crippen molar-refractivity contribution in [1.82, 2.24) is 0 Å². The first-order valence-corrected chi connectivity index (χ1v) is 4.25. The molecule has 100 valence electrons. The molecule has 0 heterocycles. The van der Waals surface area contributed by atoms with Gasteiger partial charge in [0.15, 0.2) is 5.96 Å². The van der Waals surface area contributed by atoms with E-state index >= 15 is 0 Å². The maximum Gasteiger partial charge on any atom is 0.472 e. The molecule has 0 spiro atoms. The number of guanidine groups is 1. The van der Waals surface area contributed by atoms with Gasteiger partial charge in [0.2, 0.25) is 0 Å². The normalized spacial score (nSPS) is 9.94. The molecule has 0 atom stereocenters. The van der Waals surface area contributed by atoms with Crippen LogP contribution < -0.4 is 11.5 Å². The molecule has 18 heavy (non-hydrogen) atoms. The highest BCUT2D eigenvalue weighted by Gasteiger charge is 2.30. The van der Waals surface area contributed by atoms with E-state index in [-0.39, 0.29) is 11.6 Å². The Bertz CT molecular complexity index is 439. The fourth-order valence-corrected chi connectivity index (χ4v) is 0.901. The molecule has 1 rings (SSSR count). The van der Waals surface area contributed by atoms with Gasteiger partial charge in [0.25, 0.3) is 0 Å². The summed E-state index contributed by atoms with van der Waals surface area (Å²) in [7, 11) is 0. The molecule has 7 nitrogen and oxygen atoms in total. The Morgan fingerprint density at radius 2 is 1.78 bits per heavy atom. The summed E-state index contributed by atoms with van der Waals surface area (Å²) in [6.45, 7) is 0. The summed E-state index contributed by atoms with van der Waals surface area (Å²) in [4.78, 5) is 12.0. The summed E-state index contributed by atoms with van der Waals surface area (Å²) in [5, 5.41) is 12.5. The van der Waals surface area contributed by atoms with Crippen molar-refractivity contribution in [3.05, 3.63) is 34.7 Å². The minimum atomic E-state index is -4.38. The van der Waals surface area contributed by atoms with E-state index in [0.717, 1.165) is 12.1 Å². The molecule has 0 amide bonds. The summed E-state index contributed by atoms with van der Waals surface area (Å²) in [5.74, 6) is -0.274. The summed E-state index contributed by atoms with van der Waals surface area (Å²) >= 11 is 0. The number of rotatable bonds is 1. The van der Waals surface area contributed by atoms with Crippen LogP contribution in [0.3, 0.4) is 0 Å². The monoisotopic (exact) mass is 267 g/mol. The number of benzene rings is 1. The van der Waals surface area contributed by atoms with Crippen LogP contribution >= 0.6 is 0 Å². The van der Waals surface area contributed by atoms with E-state index in [0.29, 0.717) is 0 Å². The van der Waals surface area contributed by atoms with Gasteiger partial charge < -0.3 is 11.5 Å². The molecule has 0 saturated carbocycles. The standard InChI is InChI=1S/C8H8F3N3.H2NO3/c9-8(10,11)5-2-1-3-6(4-5)14-7(12)13;2-1(3)4/h1-4H,(H4,12,13,14);(H2,2,3,4)/q;+1. The second-order valence-electron chi connectivity index (χ2n) is 2.84. The lowest BCUT2D eigenvalue weighted by Gasteiger charge is -2.06. The van der Waals surface area contributed by atoms with E-state index in [9.17, 15) is 13.2 Å². The number of hydrogen-bond acceptors (Lipinski definition) is 2. The lowest BCUT2D eigenvalue weighted by atomic mass is 10.2. The molecule has 0 unspecified atom stereocenters. The number of alkyl halides is 3. The van der Waals surface area contributed by atoms with Crippen LogP contribution in [0.25, 0.3) is 0 Å². The first-order valence-electron chi connectivity index (χ1n) is 4.25. The molecule has 0 aliphatic heterocycles. The Morgan fingerprint density at radius 3 is 2.17 bits per heavy atom. The molecular weight excluding hydrogens is 257 g/mol. The highest BCUT2D eigenvalue weighted by molar-refractivity contribution is 5.79. The molecule has 0 saturated heterocycles. The van der Waals surface area contributed by atoms with Crippen molar-refractivity contribution in [2.24, 2.45) is 16.5 Å². The second kappa shape index (κ2) is 6.27. The van der Waals surface area contributed by atoms with Crippen molar-refractivity contribution >= 4 is 11.6 Å². The Labute approximate surface area is 98.6 Å². The fourth-order valence-electron chi connectivity index (χ4n) is 0.901. The molecule has 0 aliphatic rings. The van der Waals surface area contributed by atoms with Crippen LogP contribution in [0, 0.1) is 4.91 Å². The SMILES string of the molecule is NC(N)=Nc1cccc(C(F)(F)F)c1.O=[N+](O)O. The van der Waals surface area contributed by atoms with Gasteiger partial charge in [-0.1, -0.05) is 6.07 Å². The van der Waals surface area contributed by atoms with Gasteiger partial charge in [-0.3, -0.25) is 0 Å². The topological polar surface area (TPSA) is 125 Å². The average Bonchev–Trinajstić information content (AvgIpc) is 2.14. The highest BCUT2D eigenvalue weighted by atomic mass is 19.4. The van der Waals surface area contributed by atoms with E-state index in [1.54, 1.807) is 0 Å². The molecule has 0 aromatic heterocycles. The van der Waals surface area contributed by atoms with Crippen LogP contribution in [0.1, 0.15) is 5.56 Å². The number of nitrogens with two attached hydrogens (primary N) is 2. The van der Waals surface area contributed by atoms with Gasteiger partial charge >= 0.3 is 11.3 Å². The van der Waals surface area contributed by atoms with E-state index in [2.05, 4.69) is 4.99 Å².